The lowest BCUT2D eigenvalue weighted by Crippen LogP contribution is -2.28. The van der Waals surface area contributed by atoms with E-state index in [1.807, 2.05) is 0 Å². The molecule has 0 amide bonds. The SMILES string of the molecule is COC(=O)C1=C(C(=O)OC)N(c2ccc3ccccc3c2S(=O)(=O)O)C=CC=C1. The molecule has 1 heterocycles. The van der Waals surface area contributed by atoms with E-state index in [2.05, 4.69) is 0 Å². The predicted octanol–water partition coefficient (Wildman–Crippen LogP) is 2.58. The molecule has 0 saturated heterocycles. The Bertz CT molecular complexity index is 1190. The number of rotatable bonds is 4. The molecule has 0 unspecified atom stereocenters. The second kappa shape index (κ2) is 7.90. The zero-order valence-electron chi connectivity index (χ0n) is 15.5. The minimum atomic E-state index is -4.71. The molecule has 150 valence electrons. The first-order valence-corrected chi connectivity index (χ1v) is 9.78. The van der Waals surface area contributed by atoms with Crippen molar-refractivity contribution in [1.29, 1.82) is 0 Å². The predicted molar refractivity (Wildman–Crippen MR) is 106 cm³/mol. The molecule has 0 fully saturated rings. The van der Waals surface area contributed by atoms with E-state index in [1.54, 1.807) is 24.3 Å². The normalized spacial score (nSPS) is 14.1. The van der Waals surface area contributed by atoms with Crippen LogP contribution in [0.2, 0.25) is 0 Å². The molecule has 1 aliphatic rings. The van der Waals surface area contributed by atoms with Gasteiger partial charge < -0.3 is 14.4 Å². The number of ether oxygens (including phenoxy) is 2. The van der Waals surface area contributed by atoms with E-state index < -0.39 is 27.0 Å². The van der Waals surface area contributed by atoms with Gasteiger partial charge in [-0.2, -0.15) is 8.42 Å². The second-order valence-electron chi connectivity index (χ2n) is 5.93. The Hall–Kier alpha value is -3.43. The maximum atomic E-state index is 12.5. The molecular formula is C20H17NO7S. The van der Waals surface area contributed by atoms with Crippen LogP contribution in [0.5, 0.6) is 0 Å². The van der Waals surface area contributed by atoms with Crippen molar-refractivity contribution < 1.29 is 32.0 Å². The summed E-state index contributed by atoms with van der Waals surface area (Å²) < 4.78 is 44.1. The van der Waals surface area contributed by atoms with Gasteiger partial charge >= 0.3 is 11.9 Å². The number of hydrogen-bond acceptors (Lipinski definition) is 7. The molecule has 1 aliphatic heterocycles. The van der Waals surface area contributed by atoms with Crippen molar-refractivity contribution in [1.82, 2.24) is 0 Å². The summed E-state index contributed by atoms with van der Waals surface area (Å²) in [7, 11) is -2.42. The summed E-state index contributed by atoms with van der Waals surface area (Å²) in [4.78, 5) is 25.6. The highest BCUT2D eigenvalue weighted by molar-refractivity contribution is 7.86. The topological polar surface area (TPSA) is 110 Å². The third-order valence-electron chi connectivity index (χ3n) is 4.27. The van der Waals surface area contributed by atoms with Crippen molar-refractivity contribution in [2.24, 2.45) is 0 Å². The van der Waals surface area contributed by atoms with Crippen LogP contribution in [0.15, 0.2) is 77.0 Å². The molecule has 9 heteroatoms. The summed E-state index contributed by atoms with van der Waals surface area (Å²) in [6.07, 6.45) is 5.73. The van der Waals surface area contributed by atoms with Crippen LogP contribution in [0, 0.1) is 0 Å². The van der Waals surface area contributed by atoms with Crippen molar-refractivity contribution in [3.63, 3.8) is 0 Å². The first kappa shape index (κ1) is 20.3. The number of methoxy groups -OCH3 is 2. The van der Waals surface area contributed by atoms with Gasteiger partial charge in [0.15, 0.2) is 0 Å². The number of esters is 2. The maximum absolute atomic E-state index is 12.5. The number of carbonyl (C=O) groups excluding carboxylic acids is 2. The van der Waals surface area contributed by atoms with Gasteiger partial charge in [0.1, 0.15) is 10.6 Å². The van der Waals surface area contributed by atoms with E-state index in [1.165, 1.54) is 41.5 Å². The minimum absolute atomic E-state index is 0.0343. The van der Waals surface area contributed by atoms with E-state index >= 15 is 0 Å². The summed E-state index contributed by atoms with van der Waals surface area (Å²) in [6.45, 7) is 0. The van der Waals surface area contributed by atoms with Crippen molar-refractivity contribution in [3.05, 3.63) is 72.1 Å². The molecule has 1 N–H and O–H groups in total. The Kier molecular flexibility index (Phi) is 5.53. The maximum Gasteiger partial charge on any atom is 0.355 e. The van der Waals surface area contributed by atoms with Crippen LogP contribution < -0.4 is 4.90 Å². The lowest BCUT2D eigenvalue weighted by Gasteiger charge is -2.25. The lowest BCUT2D eigenvalue weighted by atomic mass is 10.1. The number of allylic oxidation sites excluding steroid dienone is 2. The highest BCUT2D eigenvalue weighted by atomic mass is 32.2. The van der Waals surface area contributed by atoms with Gasteiger partial charge in [0.2, 0.25) is 0 Å². The number of benzene rings is 2. The third-order valence-corrected chi connectivity index (χ3v) is 5.21. The van der Waals surface area contributed by atoms with Crippen LogP contribution in [-0.4, -0.2) is 39.1 Å². The van der Waals surface area contributed by atoms with Crippen molar-refractivity contribution in [3.8, 4) is 0 Å². The van der Waals surface area contributed by atoms with E-state index in [-0.39, 0.29) is 22.3 Å². The number of carbonyl (C=O) groups is 2. The van der Waals surface area contributed by atoms with Gasteiger partial charge in [0, 0.05) is 11.6 Å². The van der Waals surface area contributed by atoms with Crippen LogP contribution in [0.1, 0.15) is 0 Å². The average molecular weight is 415 g/mol. The van der Waals surface area contributed by atoms with Gasteiger partial charge in [0.25, 0.3) is 10.1 Å². The van der Waals surface area contributed by atoms with Crippen molar-refractivity contribution >= 4 is 38.5 Å². The van der Waals surface area contributed by atoms with Gasteiger partial charge in [-0.25, -0.2) is 9.59 Å². The average Bonchev–Trinajstić information content (AvgIpc) is 2.93. The van der Waals surface area contributed by atoms with Crippen LogP contribution in [0.3, 0.4) is 0 Å². The Morgan fingerprint density at radius 1 is 0.966 bits per heavy atom. The fourth-order valence-electron chi connectivity index (χ4n) is 3.04. The fourth-order valence-corrected chi connectivity index (χ4v) is 3.94. The molecule has 2 aromatic rings. The number of anilines is 1. The Morgan fingerprint density at radius 3 is 2.31 bits per heavy atom. The van der Waals surface area contributed by atoms with E-state index in [9.17, 15) is 22.6 Å². The van der Waals surface area contributed by atoms with Crippen molar-refractivity contribution in [2.75, 3.05) is 19.1 Å². The molecule has 0 spiro atoms. The quantitative estimate of drug-likeness (QED) is 0.599. The molecular weight excluding hydrogens is 398 g/mol. The molecule has 29 heavy (non-hydrogen) atoms. The number of fused-ring (bicyclic) bond motifs is 1. The first-order valence-electron chi connectivity index (χ1n) is 8.34. The highest BCUT2D eigenvalue weighted by Gasteiger charge is 2.31. The third kappa shape index (κ3) is 3.78. The molecule has 2 aromatic carbocycles. The molecule has 0 bridgehead atoms. The number of nitrogens with zero attached hydrogens (tertiary/aromatic N) is 1. The second-order valence-corrected chi connectivity index (χ2v) is 7.28. The van der Waals surface area contributed by atoms with Crippen LogP contribution in [0.4, 0.5) is 5.69 Å². The monoisotopic (exact) mass is 415 g/mol. The molecule has 3 rings (SSSR count). The smallest absolute Gasteiger partial charge is 0.355 e. The van der Waals surface area contributed by atoms with Gasteiger partial charge in [0.05, 0.1) is 25.5 Å². The summed E-state index contributed by atoms with van der Waals surface area (Å²) >= 11 is 0. The fraction of sp³-hybridized carbons (Fsp3) is 0.100. The molecule has 8 nitrogen and oxygen atoms in total. The van der Waals surface area contributed by atoms with Gasteiger partial charge in [-0.05, 0) is 23.6 Å². The van der Waals surface area contributed by atoms with Crippen LogP contribution >= 0.6 is 0 Å². The largest absolute Gasteiger partial charge is 0.465 e. The standard InChI is InChI=1S/C20H17NO7S/c1-27-19(22)15-9-5-6-12-21(17(15)20(23)28-2)16-11-10-13-7-3-4-8-14(13)18(16)29(24,25)26/h3-12H,1-2H3,(H,24,25,26). The summed E-state index contributed by atoms with van der Waals surface area (Å²) in [5.41, 5.74) is -0.434. The molecule has 0 radical (unpaired) electrons. The summed E-state index contributed by atoms with van der Waals surface area (Å²) in [5.74, 6) is -1.71. The number of hydrogen-bond donors (Lipinski definition) is 1. The summed E-state index contributed by atoms with van der Waals surface area (Å²) in [6, 6.07) is 9.63. The van der Waals surface area contributed by atoms with Crippen LogP contribution in [-0.2, 0) is 29.2 Å². The molecule has 0 atom stereocenters. The van der Waals surface area contributed by atoms with Gasteiger partial charge in [-0.3, -0.25) is 4.55 Å². The van der Waals surface area contributed by atoms with Crippen molar-refractivity contribution in [2.45, 2.75) is 4.90 Å². The molecule has 0 saturated carbocycles. The minimum Gasteiger partial charge on any atom is -0.465 e. The van der Waals surface area contributed by atoms with E-state index in [0.717, 1.165) is 14.2 Å². The Morgan fingerprint density at radius 2 is 1.66 bits per heavy atom. The Labute approximate surface area is 167 Å². The zero-order valence-corrected chi connectivity index (χ0v) is 16.3. The molecule has 0 aliphatic carbocycles. The highest BCUT2D eigenvalue weighted by Crippen LogP contribution is 2.36. The van der Waals surface area contributed by atoms with Gasteiger partial charge in [-0.1, -0.05) is 36.4 Å². The van der Waals surface area contributed by atoms with Gasteiger partial charge in [-0.15, -0.1) is 0 Å². The summed E-state index contributed by atoms with van der Waals surface area (Å²) in [5, 5.41) is 0.819. The first-order chi connectivity index (χ1) is 13.8. The van der Waals surface area contributed by atoms with E-state index in [4.69, 9.17) is 9.47 Å². The molecule has 0 aromatic heterocycles. The van der Waals surface area contributed by atoms with Crippen LogP contribution in [0.25, 0.3) is 10.8 Å². The lowest BCUT2D eigenvalue weighted by molar-refractivity contribution is -0.139. The van der Waals surface area contributed by atoms with E-state index in [0.29, 0.717) is 5.39 Å². The Balaban J connectivity index is 2.40. The zero-order chi connectivity index (χ0) is 21.2.